The van der Waals surface area contributed by atoms with Crippen molar-refractivity contribution in [3.8, 4) is 5.69 Å². The van der Waals surface area contributed by atoms with E-state index in [0.717, 1.165) is 12.8 Å². The molecule has 3 rings (SSSR count). The molecule has 2 aromatic heterocycles. The zero-order valence-electron chi connectivity index (χ0n) is 18.4. The minimum absolute atomic E-state index is 0.0976. The number of carbonyl (C=O) groups excluding carboxylic acids is 2. The summed E-state index contributed by atoms with van der Waals surface area (Å²) in [6.45, 7) is 5.54. The van der Waals surface area contributed by atoms with Gasteiger partial charge in [-0.2, -0.15) is 0 Å². The minimum Gasteiger partial charge on any atom is -0.319 e. The Morgan fingerprint density at radius 1 is 1.19 bits per heavy atom. The first kappa shape index (κ1) is 23.7. The number of hydrogen-bond donors (Lipinski definition) is 2. The number of benzene rings is 1. The van der Waals surface area contributed by atoms with Crippen molar-refractivity contribution in [3.05, 3.63) is 46.4 Å². The van der Waals surface area contributed by atoms with E-state index in [4.69, 9.17) is 0 Å². The van der Waals surface area contributed by atoms with Crippen LogP contribution in [0.4, 0.5) is 10.8 Å². The van der Waals surface area contributed by atoms with Crippen LogP contribution in [0.3, 0.4) is 0 Å². The molecule has 1 atom stereocenters. The molecule has 0 saturated carbocycles. The van der Waals surface area contributed by atoms with Crippen LogP contribution in [0.25, 0.3) is 5.69 Å². The molecule has 3 aromatic rings. The van der Waals surface area contributed by atoms with E-state index in [-0.39, 0.29) is 23.1 Å². The van der Waals surface area contributed by atoms with Gasteiger partial charge in [0.05, 0.1) is 16.6 Å². The molecular weight excluding hydrogens is 448 g/mol. The Bertz CT molecular complexity index is 1150. The smallest absolute Gasteiger partial charge is 0.295 e. The summed E-state index contributed by atoms with van der Waals surface area (Å²) in [6, 6.07) is 9.24. The van der Waals surface area contributed by atoms with Crippen molar-refractivity contribution >= 4 is 45.7 Å². The molecule has 0 saturated heterocycles. The molecule has 0 radical (unpaired) electrons. The van der Waals surface area contributed by atoms with Crippen LogP contribution < -0.4 is 16.2 Å². The van der Waals surface area contributed by atoms with E-state index < -0.39 is 5.25 Å². The third-order valence-electron chi connectivity index (χ3n) is 4.86. The van der Waals surface area contributed by atoms with Gasteiger partial charge in [0.2, 0.25) is 16.9 Å². The Kier molecular flexibility index (Phi) is 7.86. The molecule has 2 N–H and O–H groups in total. The number of aromatic nitrogens is 4. The van der Waals surface area contributed by atoms with Gasteiger partial charge in [-0.05, 0) is 32.4 Å². The number of anilines is 2. The molecular formula is C21H26N6O3S2. The largest absolute Gasteiger partial charge is 0.319 e. The van der Waals surface area contributed by atoms with Gasteiger partial charge in [-0.3, -0.25) is 19.1 Å². The predicted molar refractivity (Wildman–Crippen MR) is 128 cm³/mol. The van der Waals surface area contributed by atoms with Crippen molar-refractivity contribution in [2.45, 2.75) is 49.6 Å². The molecule has 0 aliphatic carbocycles. The van der Waals surface area contributed by atoms with E-state index in [1.165, 1.54) is 27.8 Å². The van der Waals surface area contributed by atoms with Crippen molar-refractivity contribution in [2.24, 2.45) is 7.05 Å². The quantitative estimate of drug-likeness (QED) is 0.362. The summed E-state index contributed by atoms with van der Waals surface area (Å²) in [5.74, 6) is -0.413. The SMILES string of the molecule is CCCCC(=O)Nc1nnc(SC(C)C(=O)Nc2c(C)n(C)n(-c3ccccc3)c2=O)s1. The summed E-state index contributed by atoms with van der Waals surface area (Å²) >= 11 is 2.44. The molecule has 1 unspecified atom stereocenters. The van der Waals surface area contributed by atoms with Gasteiger partial charge in [0, 0.05) is 13.5 Å². The third kappa shape index (κ3) is 5.46. The van der Waals surface area contributed by atoms with Gasteiger partial charge in [0.25, 0.3) is 5.56 Å². The Morgan fingerprint density at radius 2 is 1.91 bits per heavy atom. The molecule has 1 aromatic carbocycles. The number of rotatable bonds is 9. The summed E-state index contributed by atoms with van der Waals surface area (Å²) in [7, 11) is 1.77. The summed E-state index contributed by atoms with van der Waals surface area (Å²) in [5.41, 5.74) is 1.32. The highest BCUT2D eigenvalue weighted by Gasteiger charge is 2.22. The van der Waals surface area contributed by atoms with Crippen LogP contribution in [0.5, 0.6) is 0 Å². The molecule has 0 aliphatic rings. The molecule has 0 aliphatic heterocycles. The highest BCUT2D eigenvalue weighted by Crippen LogP contribution is 2.29. The fourth-order valence-corrected chi connectivity index (χ4v) is 4.88. The van der Waals surface area contributed by atoms with E-state index in [2.05, 4.69) is 20.8 Å². The fourth-order valence-electron chi connectivity index (χ4n) is 2.97. The second-order valence-corrected chi connectivity index (χ2v) is 9.78. The summed E-state index contributed by atoms with van der Waals surface area (Å²) < 4.78 is 3.79. The van der Waals surface area contributed by atoms with Crippen molar-refractivity contribution in [2.75, 3.05) is 10.6 Å². The Morgan fingerprint density at radius 3 is 2.59 bits per heavy atom. The second kappa shape index (κ2) is 10.6. The van der Waals surface area contributed by atoms with Gasteiger partial charge in [-0.25, -0.2) is 4.68 Å². The maximum Gasteiger partial charge on any atom is 0.295 e. The van der Waals surface area contributed by atoms with Crippen LogP contribution in [0.2, 0.25) is 0 Å². The monoisotopic (exact) mass is 474 g/mol. The highest BCUT2D eigenvalue weighted by molar-refractivity contribution is 8.02. The number of thioether (sulfide) groups is 1. The van der Waals surface area contributed by atoms with Crippen LogP contribution in [0.15, 0.2) is 39.5 Å². The molecule has 11 heteroatoms. The van der Waals surface area contributed by atoms with Crippen LogP contribution in [-0.4, -0.2) is 36.6 Å². The maximum absolute atomic E-state index is 13.0. The standard InChI is InChI=1S/C21H26N6O3S2/c1-5-6-12-16(28)22-20-24-25-21(32-20)31-14(3)18(29)23-17-13(2)26(4)27(19(17)30)15-10-8-7-9-11-15/h7-11,14H,5-6,12H2,1-4H3,(H,23,29)(H,22,24,28). The van der Waals surface area contributed by atoms with Crippen LogP contribution in [0.1, 0.15) is 38.8 Å². The lowest BCUT2D eigenvalue weighted by Crippen LogP contribution is -2.27. The number of carbonyl (C=O) groups is 2. The van der Waals surface area contributed by atoms with Gasteiger partial charge in [-0.1, -0.05) is 54.6 Å². The topological polar surface area (TPSA) is 111 Å². The number of amides is 2. The van der Waals surface area contributed by atoms with Crippen molar-refractivity contribution in [1.29, 1.82) is 0 Å². The molecule has 0 bridgehead atoms. The highest BCUT2D eigenvalue weighted by atomic mass is 32.2. The lowest BCUT2D eigenvalue weighted by atomic mass is 10.2. The Hall–Kier alpha value is -2.92. The first-order chi connectivity index (χ1) is 15.3. The van der Waals surface area contributed by atoms with Gasteiger partial charge >= 0.3 is 0 Å². The molecule has 0 fully saturated rings. The lowest BCUT2D eigenvalue weighted by molar-refractivity contribution is -0.116. The predicted octanol–water partition coefficient (Wildman–Crippen LogP) is 3.58. The first-order valence-electron chi connectivity index (χ1n) is 10.3. The third-order valence-corrected chi connectivity index (χ3v) is 6.88. The molecule has 170 valence electrons. The van der Waals surface area contributed by atoms with E-state index in [1.54, 1.807) is 25.6 Å². The normalized spacial score (nSPS) is 11.9. The average molecular weight is 475 g/mol. The molecule has 2 heterocycles. The second-order valence-electron chi connectivity index (χ2n) is 7.21. The van der Waals surface area contributed by atoms with E-state index in [0.29, 0.717) is 27.3 Å². The van der Waals surface area contributed by atoms with Gasteiger partial charge in [0.15, 0.2) is 4.34 Å². The number of nitrogens with zero attached hydrogens (tertiary/aromatic N) is 4. The first-order valence-corrected chi connectivity index (χ1v) is 12.0. The number of para-hydroxylation sites is 1. The van der Waals surface area contributed by atoms with Crippen molar-refractivity contribution < 1.29 is 9.59 Å². The Labute approximate surface area is 194 Å². The number of unbranched alkanes of at least 4 members (excludes halogenated alkanes) is 1. The number of hydrogen-bond acceptors (Lipinski definition) is 7. The average Bonchev–Trinajstić information content (AvgIpc) is 3.30. The summed E-state index contributed by atoms with van der Waals surface area (Å²) in [6.07, 6.45) is 2.19. The maximum atomic E-state index is 13.0. The zero-order chi connectivity index (χ0) is 23.3. The van der Waals surface area contributed by atoms with E-state index in [1.807, 2.05) is 37.3 Å². The van der Waals surface area contributed by atoms with Crippen molar-refractivity contribution in [3.63, 3.8) is 0 Å². The molecule has 9 nitrogen and oxygen atoms in total. The molecule has 32 heavy (non-hydrogen) atoms. The van der Waals surface area contributed by atoms with Gasteiger partial charge < -0.3 is 10.6 Å². The lowest BCUT2D eigenvalue weighted by Gasteiger charge is -2.09. The minimum atomic E-state index is -0.518. The van der Waals surface area contributed by atoms with E-state index in [9.17, 15) is 14.4 Å². The van der Waals surface area contributed by atoms with Crippen LogP contribution in [-0.2, 0) is 16.6 Å². The molecule has 0 spiro atoms. The Balaban J connectivity index is 1.67. The number of nitrogens with one attached hydrogen (secondary N) is 2. The molecule has 2 amide bonds. The summed E-state index contributed by atoms with van der Waals surface area (Å²) in [4.78, 5) is 37.6. The fraction of sp³-hybridized carbons (Fsp3) is 0.381. The van der Waals surface area contributed by atoms with Crippen LogP contribution >= 0.6 is 23.1 Å². The van der Waals surface area contributed by atoms with Crippen LogP contribution in [0, 0.1) is 6.92 Å². The van der Waals surface area contributed by atoms with Gasteiger partial charge in [0.1, 0.15) is 5.69 Å². The van der Waals surface area contributed by atoms with Gasteiger partial charge in [-0.15, -0.1) is 10.2 Å². The van der Waals surface area contributed by atoms with E-state index >= 15 is 0 Å². The zero-order valence-corrected chi connectivity index (χ0v) is 20.0. The van der Waals surface area contributed by atoms with Crippen molar-refractivity contribution in [1.82, 2.24) is 19.6 Å². The summed E-state index contributed by atoms with van der Waals surface area (Å²) in [5, 5.41) is 13.4.